The van der Waals surface area contributed by atoms with Crippen LogP contribution in [0.4, 0.5) is 4.39 Å². The maximum absolute atomic E-state index is 13.5. The minimum absolute atomic E-state index is 0.226. The first-order valence-electron chi connectivity index (χ1n) is 9.00. The molecule has 6 nitrogen and oxygen atoms in total. The molecule has 0 N–H and O–H groups in total. The second-order valence-electron chi connectivity index (χ2n) is 6.78. The third-order valence-electron chi connectivity index (χ3n) is 4.97. The molecule has 1 aliphatic heterocycles. The molecule has 140 valence electrons. The topological polar surface area (TPSA) is 66.0 Å². The van der Waals surface area contributed by atoms with Crippen molar-refractivity contribution in [3.8, 4) is 23.0 Å². The average Bonchev–Trinajstić information content (AvgIpc) is 3.34. The second kappa shape index (κ2) is 6.69. The maximum Gasteiger partial charge on any atom is 0.278 e. The minimum atomic E-state index is -0.271. The number of ether oxygens (including phenoxy) is 1. The Bertz CT molecular complexity index is 1150. The van der Waals surface area contributed by atoms with E-state index in [4.69, 9.17) is 9.26 Å². The van der Waals surface area contributed by atoms with Crippen molar-refractivity contribution in [2.45, 2.75) is 26.2 Å². The first kappa shape index (κ1) is 16.8. The summed E-state index contributed by atoms with van der Waals surface area (Å²) in [5.74, 6) is 0.622. The molecule has 2 aromatic heterocycles. The van der Waals surface area contributed by atoms with Gasteiger partial charge in [-0.3, -0.25) is 0 Å². The number of hydrogen-bond acceptors (Lipinski definition) is 5. The number of nitrogens with zero attached hydrogens (tertiary/aromatic N) is 4. The number of hydrogen-bond donors (Lipinski definition) is 0. The van der Waals surface area contributed by atoms with Crippen LogP contribution < -0.4 is 0 Å². The van der Waals surface area contributed by atoms with Crippen molar-refractivity contribution in [3.05, 3.63) is 77.5 Å². The summed E-state index contributed by atoms with van der Waals surface area (Å²) < 4.78 is 26.9. The zero-order valence-corrected chi connectivity index (χ0v) is 15.2. The third-order valence-corrected chi connectivity index (χ3v) is 4.97. The van der Waals surface area contributed by atoms with Gasteiger partial charge in [-0.2, -0.15) is 4.98 Å². The van der Waals surface area contributed by atoms with Gasteiger partial charge in [0.05, 0.1) is 25.2 Å². The summed E-state index contributed by atoms with van der Waals surface area (Å²) in [6, 6.07) is 14.4. The van der Waals surface area contributed by atoms with Gasteiger partial charge >= 0.3 is 0 Å². The van der Waals surface area contributed by atoms with Crippen LogP contribution in [0.2, 0.25) is 0 Å². The van der Waals surface area contributed by atoms with E-state index < -0.39 is 0 Å². The highest BCUT2D eigenvalue weighted by Crippen LogP contribution is 2.32. The molecule has 2 aromatic carbocycles. The SMILES string of the molecule is Cc1ccccc1-c1noc(-c2ncn3c2COC(c2cccc(F)c2)C3)n1. The van der Waals surface area contributed by atoms with Gasteiger partial charge in [-0.1, -0.05) is 41.6 Å². The quantitative estimate of drug-likeness (QED) is 0.533. The van der Waals surface area contributed by atoms with Crippen molar-refractivity contribution in [1.29, 1.82) is 0 Å². The molecule has 5 rings (SSSR count). The highest BCUT2D eigenvalue weighted by Gasteiger charge is 2.27. The lowest BCUT2D eigenvalue weighted by atomic mass is 10.1. The Morgan fingerprint density at radius 2 is 2.04 bits per heavy atom. The minimum Gasteiger partial charge on any atom is -0.365 e. The number of aryl methyl sites for hydroxylation is 1. The van der Waals surface area contributed by atoms with Gasteiger partial charge in [-0.15, -0.1) is 0 Å². The van der Waals surface area contributed by atoms with Gasteiger partial charge in [-0.25, -0.2) is 9.37 Å². The number of benzene rings is 2. The van der Waals surface area contributed by atoms with Crippen molar-refractivity contribution in [2.24, 2.45) is 0 Å². The van der Waals surface area contributed by atoms with E-state index in [1.807, 2.05) is 41.8 Å². The normalized spacial score (nSPS) is 16.1. The van der Waals surface area contributed by atoms with Crippen molar-refractivity contribution < 1.29 is 13.7 Å². The summed E-state index contributed by atoms with van der Waals surface area (Å²) in [4.78, 5) is 8.98. The number of fused-ring (bicyclic) bond motifs is 1. The van der Waals surface area contributed by atoms with Gasteiger partial charge in [0, 0.05) is 5.56 Å². The molecule has 0 radical (unpaired) electrons. The molecule has 0 aliphatic carbocycles. The average molecular weight is 376 g/mol. The fraction of sp³-hybridized carbons (Fsp3) is 0.190. The second-order valence-corrected chi connectivity index (χ2v) is 6.78. The molecule has 0 bridgehead atoms. The Hall–Kier alpha value is -3.32. The molecule has 1 aliphatic rings. The van der Waals surface area contributed by atoms with E-state index in [1.165, 1.54) is 12.1 Å². The molecule has 28 heavy (non-hydrogen) atoms. The van der Waals surface area contributed by atoms with E-state index >= 15 is 0 Å². The third kappa shape index (κ3) is 2.90. The lowest BCUT2D eigenvalue weighted by Gasteiger charge is -2.25. The fourth-order valence-corrected chi connectivity index (χ4v) is 3.47. The van der Waals surface area contributed by atoms with Crippen molar-refractivity contribution in [1.82, 2.24) is 19.7 Å². The van der Waals surface area contributed by atoms with Crippen molar-refractivity contribution >= 4 is 0 Å². The van der Waals surface area contributed by atoms with Crippen molar-refractivity contribution in [3.63, 3.8) is 0 Å². The molecule has 0 amide bonds. The molecule has 0 fully saturated rings. The first-order chi connectivity index (χ1) is 13.7. The summed E-state index contributed by atoms with van der Waals surface area (Å²) in [5, 5.41) is 4.11. The van der Waals surface area contributed by atoms with Crippen LogP contribution in [0.3, 0.4) is 0 Å². The number of aromatic nitrogens is 4. The monoisotopic (exact) mass is 376 g/mol. The van der Waals surface area contributed by atoms with E-state index in [9.17, 15) is 4.39 Å². The zero-order valence-electron chi connectivity index (χ0n) is 15.2. The lowest BCUT2D eigenvalue weighted by Crippen LogP contribution is -2.20. The van der Waals surface area contributed by atoms with E-state index in [1.54, 1.807) is 12.4 Å². The largest absolute Gasteiger partial charge is 0.365 e. The van der Waals surface area contributed by atoms with E-state index in [0.29, 0.717) is 30.6 Å². The molecule has 4 aromatic rings. The van der Waals surface area contributed by atoms with E-state index in [2.05, 4.69) is 15.1 Å². The Morgan fingerprint density at radius 3 is 2.89 bits per heavy atom. The Morgan fingerprint density at radius 1 is 1.14 bits per heavy atom. The standard InChI is InChI=1S/C21H17FN4O2/c1-13-5-2-3-8-16(13)20-24-21(28-25-20)19-17-11-27-18(10-26(17)12-23-19)14-6-4-7-15(22)9-14/h2-9,12,18H,10-11H2,1H3. The van der Waals surface area contributed by atoms with E-state index in [0.717, 1.165) is 22.4 Å². The van der Waals surface area contributed by atoms with Gasteiger partial charge in [0.25, 0.3) is 5.89 Å². The number of rotatable bonds is 3. The summed E-state index contributed by atoms with van der Waals surface area (Å²) in [5.41, 5.74) is 4.29. The van der Waals surface area contributed by atoms with Gasteiger partial charge in [0.15, 0.2) is 5.69 Å². The van der Waals surface area contributed by atoms with Gasteiger partial charge in [0.1, 0.15) is 11.9 Å². The molecule has 0 saturated heterocycles. The summed E-state index contributed by atoms with van der Waals surface area (Å²) in [6.45, 7) is 2.88. The molecule has 1 unspecified atom stereocenters. The Labute approximate surface area is 160 Å². The zero-order chi connectivity index (χ0) is 19.1. The fourth-order valence-electron chi connectivity index (χ4n) is 3.47. The number of imidazole rings is 1. The Kier molecular flexibility index (Phi) is 4.02. The van der Waals surface area contributed by atoms with Crippen LogP contribution in [0.5, 0.6) is 0 Å². The molecule has 1 atom stereocenters. The highest BCUT2D eigenvalue weighted by atomic mass is 19.1. The van der Waals surface area contributed by atoms with Crippen LogP contribution >= 0.6 is 0 Å². The van der Waals surface area contributed by atoms with Gasteiger partial charge in [0.2, 0.25) is 5.82 Å². The van der Waals surface area contributed by atoms with E-state index in [-0.39, 0.29) is 11.9 Å². The van der Waals surface area contributed by atoms with Crippen LogP contribution in [0.15, 0.2) is 59.4 Å². The smallest absolute Gasteiger partial charge is 0.278 e. The summed E-state index contributed by atoms with van der Waals surface area (Å²) in [7, 11) is 0. The van der Waals surface area contributed by atoms with Gasteiger partial charge in [-0.05, 0) is 30.2 Å². The summed E-state index contributed by atoms with van der Waals surface area (Å²) >= 11 is 0. The lowest BCUT2D eigenvalue weighted by molar-refractivity contribution is 0.00314. The predicted molar refractivity (Wildman–Crippen MR) is 99.6 cm³/mol. The first-order valence-corrected chi connectivity index (χ1v) is 9.00. The number of halogens is 1. The van der Waals surface area contributed by atoms with Crippen LogP contribution in [0.1, 0.15) is 22.9 Å². The van der Waals surface area contributed by atoms with Gasteiger partial charge < -0.3 is 13.8 Å². The maximum atomic E-state index is 13.5. The molecule has 7 heteroatoms. The van der Waals surface area contributed by atoms with Crippen LogP contribution in [0, 0.1) is 12.7 Å². The molecule has 3 heterocycles. The Balaban J connectivity index is 1.44. The van der Waals surface area contributed by atoms with Crippen LogP contribution in [-0.2, 0) is 17.9 Å². The molecule has 0 spiro atoms. The molecular weight excluding hydrogens is 359 g/mol. The highest BCUT2D eigenvalue weighted by molar-refractivity contribution is 5.62. The predicted octanol–water partition coefficient (Wildman–Crippen LogP) is 4.32. The molecular formula is C21H17FN4O2. The van der Waals surface area contributed by atoms with Crippen molar-refractivity contribution in [2.75, 3.05) is 0 Å². The summed E-state index contributed by atoms with van der Waals surface area (Å²) in [6.07, 6.45) is 1.51. The van der Waals surface area contributed by atoms with Crippen LogP contribution in [-0.4, -0.2) is 19.7 Å². The van der Waals surface area contributed by atoms with Crippen LogP contribution in [0.25, 0.3) is 23.0 Å². The molecule has 0 saturated carbocycles.